The first kappa shape index (κ1) is 16.9. The number of benzene rings is 1. The van der Waals surface area contributed by atoms with Gasteiger partial charge in [-0.1, -0.05) is 18.2 Å². The number of halogens is 1. The molecule has 2 aromatic rings. The molecule has 0 bridgehead atoms. The molecule has 0 unspecified atom stereocenters. The van der Waals surface area contributed by atoms with E-state index in [2.05, 4.69) is 21.2 Å². The van der Waals surface area contributed by atoms with Gasteiger partial charge in [0.2, 0.25) is 5.91 Å². The Morgan fingerprint density at radius 1 is 1.21 bits per heavy atom. The van der Waals surface area contributed by atoms with Crippen molar-refractivity contribution < 1.29 is 14.4 Å². The molecule has 1 N–H and O–H groups in total. The van der Waals surface area contributed by atoms with Crippen LogP contribution in [-0.2, 0) is 9.59 Å². The second kappa shape index (κ2) is 7.33. The van der Waals surface area contributed by atoms with Gasteiger partial charge in [0, 0.05) is 9.35 Å². The maximum Gasteiger partial charge on any atom is 0.294 e. The van der Waals surface area contributed by atoms with Crippen molar-refractivity contribution in [3.05, 3.63) is 56.0 Å². The molecule has 1 saturated heterocycles. The van der Waals surface area contributed by atoms with Gasteiger partial charge in [0.15, 0.2) is 0 Å². The summed E-state index contributed by atoms with van der Waals surface area (Å²) in [7, 11) is 0. The average molecular weight is 423 g/mol. The van der Waals surface area contributed by atoms with Gasteiger partial charge < -0.3 is 5.32 Å². The fourth-order valence-electron chi connectivity index (χ4n) is 2.03. The minimum atomic E-state index is -0.444. The topological polar surface area (TPSA) is 66.5 Å². The quantitative estimate of drug-likeness (QED) is 0.750. The number of hydrogen-bond acceptors (Lipinski definition) is 5. The summed E-state index contributed by atoms with van der Waals surface area (Å²) in [5.41, 5.74) is 0.587. The number of nitrogens with one attached hydrogen (secondary N) is 1. The highest BCUT2D eigenvalue weighted by atomic mass is 79.9. The Hall–Kier alpha value is -1.90. The highest BCUT2D eigenvalue weighted by Crippen LogP contribution is 2.32. The molecule has 0 atom stereocenters. The van der Waals surface area contributed by atoms with Gasteiger partial charge in [0.25, 0.3) is 11.1 Å². The molecule has 1 aliphatic heterocycles. The lowest BCUT2D eigenvalue weighted by Gasteiger charge is -2.13. The van der Waals surface area contributed by atoms with Crippen molar-refractivity contribution in [2.24, 2.45) is 0 Å². The van der Waals surface area contributed by atoms with E-state index >= 15 is 0 Å². The molecule has 0 saturated carbocycles. The molecule has 1 fully saturated rings. The standard InChI is InChI=1S/C16H11BrN2O3S2/c17-11-5-1-2-6-12(11)18-14(20)9-19-15(21)13(24-16(19)22)8-10-4-3-7-23-10/h1-8H,9H2,(H,18,20)/b13-8-. The van der Waals surface area contributed by atoms with E-state index in [0.29, 0.717) is 10.6 Å². The SMILES string of the molecule is O=C(CN1C(=O)S/C(=C\c2cccs2)C1=O)Nc1ccccc1Br. The first-order valence-electron chi connectivity index (χ1n) is 6.88. The highest BCUT2D eigenvalue weighted by Gasteiger charge is 2.36. The van der Waals surface area contributed by atoms with Crippen LogP contribution in [0.5, 0.6) is 0 Å². The maximum atomic E-state index is 12.3. The lowest BCUT2D eigenvalue weighted by atomic mass is 10.3. The van der Waals surface area contributed by atoms with E-state index in [4.69, 9.17) is 0 Å². The van der Waals surface area contributed by atoms with Crippen molar-refractivity contribution in [1.29, 1.82) is 0 Å². The zero-order chi connectivity index (χ0) is 17.1. The van der Waals surface area contributed by atoms with Crippen LogP contribution in [0.15, 0.2) is 51.2 Å². The van der Waals surface area contributed by atoms with Gasteiger partial charge in [0.05, 0.1) is 10.6 Å². The van der Waals surface area contributed by atoms with Crippen molar-refractivity contribution in [2.75, 3.05) is 11.9 Å². The molecule has 0 spiro atoms. The van der Waals surface area contributed by atoms with Crippen LogP contribution in [-0.4, -0.2) is 28.5 Å². The van der Waals surface area contributed by atoms with Gasteiger partial charge in [-0.25, -0.2) is 0 Å². The molecule has 24 heavy (non-hydrogen) atoms. The normalized spacial score (nSPS) is 16.0. The summed E-state index contributed by atoms with van der Waals surface area (Å²) in [5, 5.41) is 4.13. The zero-order valence-corrected chi connectivity index (χ0v) is 15.4. The van der Waals surface area contributed by atoms with Crippen molar-refractivity contribution in [3.63, 3.8) is 0 Å². The van der Waals surface area contributed by atoms with Gasteiger partial charge in [-0.2, -0.15) is 0 Å². The van der Waals surface area contributed by atoms with Crippen molar-refractivity contribution in [1.82, 2.24) is 4.90 Å². The summed E-state index contributed by atoms with van der Waals surface area (Å²) in [6, 6.07) is 10.9. The molecule has 3 rings (SSSR count). The molecular weight excluding hydrogens is 412 g/mol. The largest absolute Gasteiger partial charge is 0.324 e. The first-order chi connectivity index (χ1) is 11.5. The van der Waals surface area contributed by atoms with E-state index in [9.17, 15) is 14.4 Å². The van der Waals surface area contributed by atoms with Crippen molar-refractivity contribution >= 4 is 67.8 Å². The summed E-state index contributed by atoms with van der Waals surface area (Å²) >= 11 is 5.65. The first-order valence-corrected chi connectivity index (χ1v) is 9.37. The monoisotopic (exact) mass is 422 g/mol. The minimum Gasteiger partial charge on any atom is -0.324 e. The second-order valence-electron chi connectivity index (χ2n) is 4.81. The third-order valence-corrected chi connectivity index (χ3v) is 5.56. The number of rotatable bonds is 4. The molecule has 1 aromatic carbocycles. The molecule has 0 radical (unpaired) electrons. The summed E-state index contributed by atoms with van der Waals surface area (Å²) in [4.78, 5) is 38.7. The fourth-order valence-corrected chi connectivity index (χ4v) is 3.98. The Morgan fingerprint density at radius 3 is 2.71 bits per heavy atom. The van der Waals surface area contributed by atoms with Gasteiger partial charge >= 0.3 is 0 Å². The number of para-hydroxylation sites is 1. The lowest BCUT2D eigenvalue weighted by Crippen LogP contribution is -2.36. The second-order valence-corrected chi connectivity index (χ2v) is 7.64. The number of thiophene rings is 1. The van der Waals surface area contributed by atoms with Crippen LogP contribution in [0.3, 0.4) is 0 Å². The van der Waals surface area contributed by atoms with Crippen molar-refractivity contribution in [2.45, 2.75) is 0 Å². The molecule has 8 heteroatoms. The van der Waals surface area contributed by atoms with Crippen molar-refractivity contribution in [3.8, 4) is 0 Å². The van der Waals surface area contributed by atoms with Gasteiger partial charge in [-0.05, 0) is 57.3 Å². The smallest absolute Gasteiger partial charge is 0.294 e. The van der Waals surface area contributed by atoms with Crippen LogP contribution in [0.4, 0.5) is 10.5 Å². The molecule has 3 amide bonds. The number of anilines is 1. The number of carbonyl (C=O) groups excluding carboxylic acids is 3. The molecule has 1 aromatic heterocycles. The summed E-state index contributed by atoms with van der Waals surface area (Å²) in [5.74, 6) is -0.873. The molecule has 2 heterocycles. The maximum absolute atomic E-state index is 12.3. The van der Waals surface area contributed by atoms with Gasteiger partial charge in [-0.3, -0.25) is 19.3 Å². The number of nitrogens with zero attached hydrogens (tertiary/aromatic N) is 1. The lowest BCUT2D eigenvalue weighted by molar-refractivity contribution is -0.127. The number of hydrogen-bond donors (Lipinski definition) is 1. The van der Waals surface area contributed by atoms with Crippen LogP contribution in [0.25, 0.3) is 6.08 Å². The number of imide groups is 1. The van der Waals surface area contributed by atoms with Crippen LogP contribution in [0.1, 0.15) is 4.88 Å². The van der Waals surface area contributed by atoms with Gasteiger partial charge in [-0.15, -0.1) is 11.3 Å². The molecule has 0 aliphatic carbocycles. The molecule has 122 valence electrons. The summed E-state index contributed by atoms with van der Waals surface area (Å²) < 4.78 is 0.727. The third kappa shape index (κ3) is 3.77. The molecule has 1 aliphatic rings. The van der Waals surface area contributed by atoms with E-state index in [-0.39, 0.29) is 6.54 Å². The molecule has 5 nitrogen and oxygen atoms in total. The molecular formula is C16H11BrN2O3S2. The Labute approximate surface area is 154 Å². The third-order valence-electron chi connectivity index (χ3n) is 3.14. The van der Waals surface area contributed by atoms with E-state index < -0.39 is 17.1 Å². The predicted octanol–water partition coefficient (Wildman–Crippen LogP) is 4.19. The Kier molecular flexibility index (Phi) is 5.17. The Morgan fingerprint density at radius 2 is 2.00 bits per heavy atom. The predicted molar refractivity (Wildman–Crippen MR) is 99.8 cm³/mol. The van der Waals surface area contributed by atoms with E-state index in [0.717, 1.165) is 26.0 Å². The summed E-state index contributed by atoms with van der Waals surface area (Å²) in [6.07, 6.45) is 1.67. The fraction of sp³-hybridized carbons (Fsp3) is 0.0625. The van der Waals surface area contributed by atoms with E-state index in [1.54, 1.807) is 24.3 Å². The van der Waals surface area contributed by atoms with Crippen LogP contribution in [0, 0.1) is 0 Å². The van der Waals surface area contributed by atoms with Crippen LogP contribution in [0.2, 0.25) is 0 Å². The van der Waals surface area contributed by atoms with E-state index in [1.165, 1.54) is 11.3 Å². The zero-order valence-electron chi connectivity index (χ0n) is 12.2. The Bertz CT molecular complexity index is 834. The van der Waals surface area contributed by atoms with Crippen LogP contribution < -0.4 is 5.32 Å². The minimum absolute atomic E-state index is 0.312. The Balaban J connectivity index is 1.69. The highest BCUT2D eigenvalue weighted by molar-refractivity contribution is 9.10. The number of carbonyl (C=O) groups is 3. The summed E-state index contributed by atoms with van der Waals surface area (Å²) in [6.45, 7) is -0.312. The van der Waals surface area contributed by atoms with Gasteiger partial charge in [0.1, 0.15) is 6.54 Å². The number of amides is 3. The van der Waals surface area contributed by atoms with E-state index in [1.807, 2.05) is 23.6 Å². The average Bonchev–Trinajstić information content (AvgIpc) is 3.14. The van der Waals surface area contributed by atoms with Crippen LogP contribution >= 0.6 is 39.0 Å². The number of thioether (sulfide) groups is 1.